The Labute approximate surface area is 181 Å². The maximum absolute atomic E-state index is 12.6. The van der Waals surface area contributed by atoms with E-state index in [1.165, 1.54) is 11.8 Å². The largest absolute Gasteiger partial charge is 0.454 e. The Hall–Kier alpha value is -3.18. The van der Waals surface area contributed by atoms with Crippen molar-refractivity contribution in [2.24, 2.45) is 4.40 Å². The van der Waals surface area contributed by atoms with E-state index in [0.717, 1.165) is 16.1 Å². The third-order valence-corrected chi connectivity index (χ3v) is 7.34. The summed E-state index contributed by atoms with van der Waals surface area (Å²) in [6.07, 6.45) is 0. The van der Waals surface area contributed by atoms with Crippen molar-refractivity contribution >= 4 is 49.5 Å². The number of thioether (sulfide) groups is 1. The van der Waals surface area contributed by atoms with Gasteiger partial charge in [-0.15, -0.1) is 4.40 Å². The number of para-hydroxylation sites is 1. The average Bonchev–Trinajstić information content (AvgIpc) is 3.08. The smallest absolute Gasteiger partial charge is 0.338 e. The normalized spacial score (nSPS) is 16.5. The number of fused-ring (bicyclic) bond motifs is 4. The van der Waals surface area contributed by atoms with Gasteiger partial charge in [-0.1, -0.05) is 12.1 Å². The molecule has 1 N–H and O–H groups in total. The van der Waals surface area contributed by atoms with Crippen molar-refractivity contribution < 1.29 is 17.9 Å². The molecule has 158 valence electrons. The van der Waals surface area contributed by atoms with Crippen molar-refractivity contribution in [3.05, 3.63) is 63.7 Å². The molecule has 3 heterocycles. The zero-order valence-corrected chi connectivity index (χ0v) is 17.9. The molecule has 0 bridgehead atoms. The number of aryl methyl sites for hydroxylation is 1. The van der Waals surface area contributed by atoms with Gasteiger partial charge in [-0.05, 0) is 48.5 Å². The quantitative estimate of drug-likeness (QED) is 0.595. The highest BCUT2D eigenvalue weighted by molar-refractivity contribution is 8.15. The van der Waals surface area contributed by atoms with Crippen LogP contribution in [0.15, 0.2) is 50.5 Å². The van der Waals surface area contributed by atoms with Crippen LogP contribution in [0.4, 0.5) is 5.69 Å². The van der Waals surface area contributed by atoms with Gasteiger partial charge in [0, 0.05) is 11.4 Å². The molecule has 0 spiro atoms. The van der Waals surface area contributed by atoms with Gasteiger partial charge in [0.1, 0.15) is 12.4 Å². The molecule has 31 heavy (non-hydrogen) atoms. The predicted octanol–water partition coefficient (Wildman–Crippen LogP) is 2.20. The van der Waals surface area contributed by atoms with Crippen LogP contribution < -0.4 is 10.5 Å². The Bertz CT molecular complexity index is 1450. The van der Waals surface area contributed by atoms with E-state index in [1.807, 2.05) is 17.9 Å². The predicted molar refractivity (Wildman–Crippen MR) is 117 cm³/mol. The first kappa shape index (κ1) is 19.8. The van der Waals surface area contributed by atoms with Crippen molar-refractivity contribution in [2.45, 2.75) is 18.4 Å². The molecule has 3 aromatic rings. The lowest BCUT2D eigenvalue weighted by Crippen LogP contribution is -2.35. The number of ether oxygens (including phenoxy) is 1. The number of sulfonamides is 1. The second-order valence-electron chi connectivity index (χ2n) is 7.16. The summed E-state index contributed by atoms with van der Waals surface area (Å²) in [6.45, 7) is 2.00. The monoisotopic (exact) mass is 456 g/mol. The second kappa shape index (κ2) is 7.20. The molecule has 1 aromatic heterocycles. The van der Waals surface area contributed by atoms with Crippen LogP contribution in [0.1, 0.15) is 21.7 Å². The number of amidine groups is 1. The number of nitrogens with one attached hydrogen (secondary N) is 1. The molecule has 0 radical (unpaired) electrons. The van der Waals surface area contributed by atoms with Crippen LogP contribution in [0.25, 0.3) is 10.9 Å². The minimum absolute atomic E-state index is 0.0449. The summed E-state index contributed by atoms with van der Waals surface area (Å²) in [5.41, 5.74) is 2.26. The van der Waals surface area contributed by atoms with E-state index in [0.29, 0.717) is 28.2 Å². The Balaban J connectivity index is 1.36. The van der Waals surface area contributed by atoms with E-state index in [9.17, 15) is 18.0 Å². The van der Waals surface area contributed by atoms with Crippen molar-refractivity contribution in [2.75, 3.05) is 17.2 Å². The number of aromatic nitrogens is 2. The molecule has 0 saturated carbocycles. The summed E-state index contributed by atoms with van der Waals surface area (Å²) in [6, 6.07) is 10.4. The highest BCUT2D eigenvalue weighted by atomic mass is 32.2. The molecular formula is C20H16N4O5S2. The highest BCUT2D eigenvalue weighted by Gasteiger charge is 2.33. The van der Waals surface area contributed by atoms with Gasteiger partial charge in [0.15, 0.2) is 5.17 Å². The number of benzene rings is 2. The molecule has 5 rings (SSSR count). The molecule has 0 fully saturated rings. The Morgan fingerprint density at radius 3 is 2.97 bits per heavy atom. The number of hydrogen-bond donors (Lipinski definition) is 1. The molecule has 2 aromatic carbocycles. The van der Waals surface area contributed by atoms with Crippen LogP contribution in [0.3, 0.4) is 0 Å². The van der Waals surface area contributed by atoms with Crippen LogP contribution in [-0.2, 0) is 21.4 Å². The molecule has 0 aliphatic carbocycles. The number of esters is 1. The van der Waals surface area contributed by atoms with E-state index in [1.54, 1.807) is 30.3 Å². The van der Waals surface area contributed by atoms with Crippen LogP contribution in [0.5, 0.6) is 0 Å². The number of anilines is 1. The number of aromatic amines is 1. The zero-order valence-electron chi connectivity index (χ0n) is 16.3. The minimum Gasteiger partial charge on any atom is -0.454 e. The van der Waals surface area contributed by atoms with Crippen molar-refractivity contribution in [3.8, 4) is 0 Å². The van der Waals surface area contributed by atoms with Gasteiger partial charge in [0.25, 0.3) is 15.6 Å². The number of nitrogens with zero attached hydrogens (tertiary/aromatic N) is 3. The van der Waals surface area contributed by atoms with Gasteiger partial charge < -0.3 is 14.6 Å². The zero-order chi connectivity index (χ0) is 21.8. The fraction of sp³-hybridized carbons (Fsp3) is 0.200. The lowest BCUT2D eigenvalue weighted by atomic mass is 10.1. The lowest BCUT2D eigenvalue weighted by molar-refractivity contribution is 0.0462. The van der Waals surface area contributed by atoms with E-state index in [4.69, 9.17) is 4.74 Å². The maximum atomic E-state index is 12.6. The van der Waals surface area contributed by atoms with Crippen LogP contribution >= 0.6 is 11.8 Å². The van der Waals surface area contributed by atoms with Crippen molar-refractivity contribution in [1.82, 2.24) is 9.97 Å². The number of rotatable bonds is 3. The van der Waals surface area contributed by atoms with Gasteiger partial charge in [-0.25, -0.2) is 18.2 Å². The summed E-state index contributed by atoms with van der Waals surface area (Å²) in [7, 11) is -3.44. The summed E-state index contributed by atoms with van der Waals surface area (Å²) in [4.78, 5) is 34.4. The molecule has 0 saturated heterocycles. The standard InChI is InChI=1S/C20H16N4O5S2/c1-11-3-2-4-13-17(11)21-16(22-18(13)25)10-29-19(26)12-5-6-14-15(9-12)30-20-23-31(27,28)8-7-24(14)20/h2-6,9H,7-8,10H2,1H3,(H,21,22,25). The lowest BCUT2D eigenvalue weighted by Gasteiger charge is -2.22. The van der Waals surface area contributed by atoms with Crippen LogP contribution in [0.2, 0.25) is 0 Å². The number of hydrogen-bond acceptors (Lipinski definition) is 8. The molecular weight excluding hydrogens is 440 g/mol. The molecule has 11 heteroatoms. The first-order chi connectivity index (χ1) is 14.8. The molecule has 0 unspecified atom stereocenters. The topological polar surface area (TPSA) is 122 Å². The summed E-state index contributed by atoms with van der Waals surface area (Å²) < 4.78 is 32.6. The molecule has 0 amide bonds. The second-order valence-corrected chi connectivity index (χ2v) is 9.92. The van der Waals surface area contributed by atoms with Crippen LogP contribution in [0, 0.1) is 6.92 Å². The van der Waals surface area contributed by atoms with E-state index >= 15 is 0 Å². The fourth-order valence-corrected chi connectivity index (χ4v) is 5.79. The Morgan fingerprint density at radius 2 is 2.13 bits per heavy atom. The van der Waals surface area contributed by atoms with Crippen LogP contribution in [-0.4, -0.2) is 41.8 Å². The van der Waals surface area contributed by atoms with Gasteiger partial charge in [-0.3, -0.25) is 4.79 Å². The Morgan fingerprint density at radius 1 is 1.29 bits per heavy atom. The number of carbonyl (C=O) groups is 1. The van der Waals surface area contributed by atoms with Crippen molar-refractivity contribution in [3.63, 3.8) is 0 Å². The van der Waals surface area contributed by atoms with Gasteiger partial charge >= 0.3 is 5.97 Å². The third-order valence-electron chi connectivity index (χ3n) is 5.04. The first-order valence-corrected chi connectivity index (χ1v) is 11.8. The number of carbonyl (C=O) groups excluding carboxylic acids is 1. The molecule has 0 atom stereocenters. The van der Waals surface area contributed by atoms with E-state index < -0.39 is 16.0 Å². The maximum Gasteiger partial charge on any atom is 0.338 e. The number of H-pyrrole nitrogens is 1. The summed E-state index contributed by atoms with van der Waals surface area (Å²) in [5, 5.41) is 0.868. The van der Waals surface area contributed by atoms with Gasteiger partial charge in [0.05, 0.1) is 27.9 Å². The van der Waals surface area contributed by atoms with E-state index in [2.05, 4.69) is 14.4 Å². The third kappa shape index (κ3) is 3.59. The fourth-order valence-electron chi connectivity index (χ4n) is 3.50. The molecule has 2 aliphatic rings. The highest BCUT2D eigenvalue weighted by Crippen LogP contribution is 2.42. The minimum atomic E-state index is -3.44. The summed E-state index contributed by atoms with van der Waals surface area (Å²) in [5.74, 6) is -0.362. The summed E-state index contributed by atoms with van der Waals surface area (Å²) >= 11 is 1.20. The molecule has 2 aliphatic heterocycles. The average molecular weight is 457 g/mol. The first-order valence-electron chi connectivity index (χ1n) is 9.38. The van der Waals surface area contributed by atoms with Crippen molar-refractivity contribution in [1.29, 1.82) is 0 Å². The Kier molecular flexibility index (Phi) is 4.59. The van der Waals surface area contributed by atoms with Gasteiger partial charge in [0.2, 0.25) is 0 Å². The molecule has 9 nitrogen and oxygen atoms in total. The van der Waals surface area contributed by atoms with Gasteiger partial charge in [-0.2, -0.15) is 0 Å². The van der Waals surface area contributed by atoms with E-state index in [-0.39, 0.29) is 23.7 Å². The SMILES string of the molecule is Cc1cccc2c(=O)[nH]c(COC(=O)c3ccc4c(c3)SC3=NS(=O)(=O)CCN34)nc12.